The maximum atomic E-state index is 11.4. The lowest BCUT2D eigenvalue weighted by Crippen LogP contribution is -1.98. The lowest BCUT2D eigenvalue weighted by molar-refractivity contribution is 0.102. The monoisotopic (exact) mass is 277 g/mol. The molecule has 3 N–H and O–H groups in total. The van der Waals surface area contributed by atoms with E-state index in [1.807, 2.05) is 23.6 Å². The molecule has 4 nitrogen and oxygen atoms in total. The first-order chi connectivity index (χ1) is 8.63. The van der Waals surface area contributed by atoms with E-state index in [0.717, 1.165) is 4.88 Å². The molecule has 0 radical (unpaired) electrons. The van der Waals surface area contributed by atoms with Gasteiger partial charge in [0.1, 0.15) is 16.6 Å². The summed E-state index contributed by atoms with van der Waals surface area (Å²) in [5.41, 5.74) is 6.44. The van der Waals surface area contributed by atoms with Crippen molar-refractivity contribution in [3.05, 3.63) is 32.8 Å². The number of nitrogens with two attached hydrogens (primary N) is 1. The molecular formula is C12H11N3OS2. The number of Topliss-reactive ketones (excluding diaryl/α,β-unsaturated/α-hetero) is 1. The highest BCUT2D eigenvalue weighted by molar-refractivity contribution is 7.19. The van der Waals surface area contributed by atoms with Gasteiger partial charge in [-0.1, -0.05) is 6.07 Å². The Morgan fingerprint density at radius 2 is 2.39 bits per heavy atom. The van der Waals surface area contributed by atoms with Crippen LogP contribution < -0.4 is 11.1 Å². The number of nitrogens with one attached hydrogen (secondary N) is 1. The molecule has 0 bridgehead atoms. The van der Waals surface area contributed by atoms with Gasteiger partial charge in [0, 0.05) is 11.8 Å². The van der Waals surface area contributed by atoms with Crippen molar-refractivity contribution >= 4 is 39.1 Å². The number of hydrogen-bond acceptors (Lipinski definition) is 6. The lowest BCUT2D eigenvalue weighted by atomic mass is 10.2. The maximum Gasteiger partial charge on any atom is 0.171 e. The van der Waals surface area contributed by atoms with Gasteiger partial charge in [0.05, 0.1) is 17.1 Å². The van der Waals surface area contributed by atoms with E-state index in [9.17, 15) is 4.79 Å². The van der Waals surface area contributed by atoms with Crippen LogP contribution in [-0.2, 0) is 6.54 Å². The Morgan fingerprint density at radius 3 is 2.94 bits per heavy atom. The van der Waals surface area contributed by atoms with Crippen LogP contribution in [0.2, 0.25) is 0 Å². The molecule has 0 spiro atoms. The zero-order valence-corrected chi connectivity index (χ0v) is 11.3. The van der Waals surface area contributed by atoms with Crippen LogP contribution in [0.15, 0.2) is 17.5 Å². The van der Waals surface area contributed by atoms with Gasteiger partial charge in [0.25, 0.3) is 0 Å². The van der Waals surface area contributed by atoms with Crippen molar-refractivity contribution in [3.8, 4) is 6.07 Å². The minimum atomic E-state index is -0.113. The second kappa shape index (κ2) is 5.21. The molecule has 0 saturated heterocycles. The lowest BCUT2D eigenvalue weighted by Gasteiger charge is -2.01. The molecule has 2 aromatic rings. The molecular weight excluding hydrogens is 266 g/mol. The number of thiophene rings is 2. The number of nitriles is 1. The van der Waals surface area contributed by atoms with Gasteiger partial charge in [-0.15, -0.1) is 22.7 Å². The summed E-state index contributed by atoms with van der Waals surface area (Å²) < 4.78 is 0. The first-order valence-electron chi connectivity index (χ1n) is 5.23. The number of rotatable bonds is 4. The summed E-state index contributed by atoms with van der Waals surface area (Å²) in [7, 11) is 0. The summed E-state index contributed by atoms with van der Waals surface area (Å²) in [6.45, 7) is 2.08. The van der Waals surface area contributed by atoms with Crippen molar-refractivity contribution < 1.29 is 4.79 Å². The predicted octanol–water partition coefficient (Wildman–Crippen LogP) is 3.08. The quantitative estimate of drug-likeness (QED) is 0.842. The molecule has 0 saturated carbocycles. The third-order valence-electron chi connectivity index (χ3n) is 2.38. The Balaban J connectivity index is 2.25. The molecule has 0 aliphatic rings. The van der Waals surface area contributed by atoms with Crippen molar-refractivity contribution in [1.82, 2.24) is 0 Å². The fraction of sp³-hybridized carbons (Fsp3) is 0.167. The highest BCUT2D eigenvalue weighted by Crippen LogP contribution is 2.35. The molecule has 0 atom stereocenters. The van der Waals surface area contributed by atoms with Crippen LogP contribution in [0.3, 0.4) is 0 Å². The van der Waals surface area contributed by atoms with Crippen LogP contribution >= 0.6 is 22.7 Å². The highest BCUT2D eigenvalue weighted by atomic mass is 32.1. The molecule has 0 aromatic carbocycles. The Kier molecular flexibility index (Phi) is 3.65. The van der Waals surface area contributed by atoms with Crippen LogP contribution in [0.25, 0.3) is 0 Å². The Hall–Kier alpha value is -1.84. The number of ketones is 1. The van der Waals surface area contributed by atoms with E-state index in [4.69, 9.17) is 11.0 Å². The molecule has 0 aliphatic heterocycles. The number of carbonyl (C=O) groups excluding carboxylic acids is 1. The molecule has 2 aromatic heterocycles. The van der Waals surface area contributed by atoms with Gasteiger partial charge in [-0.3, -0.25) is 4.79 Å². The predicted molar refractivity (Wildman–Crippen MR) is 75.1 cm³/mol. The normalized spacial score (nSPS) is 10.0. The smallest absolute Gasteiger partial charge is 0.171 e. The van der Waals surface area contributed by atoms with Crippen LogP contribution in [0.1, 0.15) is 27.0 Å². The molecule has 0 fully saturated rings. The Bertz CT molecular complexity index is 608. The van der Waals surface area contributed by atoms with Crippen LogP contribution in [0, 0.1) is 11.3 Å². The van der Waals surface area contributed by atoms with Gasteiger partial charge in [0.15, 0.2) is 5.78 Å². The van der Waals surface area contributed by atoms with E-state index in [1.165, 1.54) is 18.3 Å². The minimum Gasteiger partial charge on any atom is -0.396 e. The van der Waals surface area contributed by atoms with E-state index in [2.05, 4.69) is 5.32 Å². The SMILES string of the molecule is CC(=O)c1sc(NCc2cccs2)c(C#N)c1N. The van der Waals surface area contributed by atoms with E-state index in [1.54, 1.807) is 11.3 Å². The molecule has 18 heavy (non-hydrogen) atoms. The van der Waals surface area contributed by atoms with Crippen LogP contribution in [0.4, 0.5) is 10.7 Å². The van der Waals surface area contributed by atoms with Crippen molar-refractivity contribution in [2.75, 3.05) is 11.1 Å². The van der Waals surface area contributed by atoms with Gasteiger partial charge in [-0.05, 0) is 11.4 Å². The van der Waals surface area contributed by atoms with Crippen LogP contribution in [-0.4, -0.2) is 5.78 Å². The summed E-state index contributed by atoms with van der Waals surface area (Å²) >= 11 is 2.87. The highest BCUT2D eigenvalue weighted by Gasteiger charge is 2.18. The minimum absolute atomic E-state index is 0.113. The van der Waals surface area contributed by atoms with Gasteiger partial charge >= 0.3 is 0 Å². The Morgan fingerprint density at radius 1 is 1.61 bits per heavy atom. The first-order valence-corrected chi connectivity index (χ1v) is 6.92. The summed E-state index contributed by atoms with van der Waals surface area (Å²) in [5, 5.41) is 14.9. The van der Waals surface area contributed by atoms with Gasteiger partial charge in [-0.2, -0.15) is 5.26 Å². The van der Waals surface area contributed by atoms with Crippen molar-refractivity contribution in [1.29, 1.82) is 5.26 Å². The van der Waals surface area contributed by atoms with Crippen molar-refractivity contribution in [2.24, 2.45) is 0 Å². The van der Waals surface area contributed by atoms with Crippen molar-refractivity contribution in [3.63, 3.8) is 0 Å². The van der Waals surface area contributed by atoms with E-state index in [0.29, 0.717) is 22.0 Å². The fourth-order valence-electron chi connectivity index (χ4n) is 1.52. The molecule has 0 aliphatic carbocycles. The molecule has 0 amide bonds. The van der Waals surface area contributed by atoms with E-state index in [-0.39, 0.29) is 11.5 Å². The van der Waals surface area contributed by atoms with Gasteiger partial charge < -0.3 is 11.1 Å². The summed E-state index contributed by atoms with van der Waals surface area (Å²) in [4.78, 5) is 13.0. The Labute approximate surface area is 113 Å². The zero-order valence-electron chi connectivity index (χ0n) is 9.69. The summed E-state index contributed by atoms with van der Waals surface area (Å²) in [5.74, 6) is -0.113. The average Bonchev–Trinajstić information content (AvgIpc) is 2.93. The third kappa shape index (κ3) is 2.37. The molecule has 2 rings (SSSR count). The van der Waals surface area contributed by atoms with Gasteiger partial charge in [-0.25, -0.2) is 0 Å². The van der Waals surface area contributed by atoms with E-state index < -0.39 is 0 Å². The molecule has 6 heteroatoms. The number of hydrogen-bond donors (Lipinski definition) is 2. The topological polar surface area (TPSA) is 78.9 Å². The second-order valence-corrected chi connectivity index (χ2v) is 5.70. The number of carbonyl (C=O) groups is 1. The van der Waals surface area contributed by atoms with E-state index >= 15 is 0 Å². The standard InChI is InChI=1S/C12H11N3OS2/c1-7(16)11-10(14)9(5-13)12(18-11)15-6-8-3-2-4-17-8/h2-4,15H,6,14H2,1H3. The first kappa shape index (κ1) is 12.6. The molecule has 2 heterocycles. The molecule has 92 valence electrons. The van der Waals surface area contributed by atoms with Crippen molar-refractivity contribution in [2.45, 2.75) is 13.5 Å². The largest absolute Gasteiger partial charge is 0.396 e. The number of nitrogens with zero attached hydrogens (tertiary/aromatic N) is 1. The third-order valence-corrected chi connectivity index (χ3v) is 4.52. The number of nitrogen functional groups attached to an aromatic ring is 1. The van der Waals surface area contributed by atoms with Gasteiger partial charge in [0.2, 0.25) is 0 Å². The fourth-order valence-corrected chi connectivity index (χ4v) is 3.13. The number of anilines is 2. The summed E-state index contributed by atoms with van der Waals surface area (Å²) in [6.07, 6.45) is 0. The molecule has 0 unspecified atom stereocenters. The second-order valence-electron chi connectivity index (χ2n) is 3.65. The summed E-state index contributed by atoms with van der Waals surface area (Å²) in [6, 6.07) is 6.02. The average molecular weight is 277 g/mol. The zero-order chi connectivity index (χ0) is 13.1. The maximum absolute atomic E-state index is 11.4. The van der Waals surface area contributed by atoms with Crippen LogP contribution in [0.5, 0.6) is 0 Å².